The molecule has 0 bridgehead atoms. The number of para-hydroxylation sites is 3. The molecule has 0 spiro atoms. The summed E-state index contributed by atoms with van der Waals surface area (Å²) in [4.78, 5) is 3.78. The van der Waals surface area contributed by atoms with Gasteiger partial charge in [-0.2, -0.15) is 0 Å². The summed E-state index contributed by atoms with van der Waals surface area (Å²) < 4.78 is 13.1. The maximum Gasteiger partial charge on any atom is 0.194 e. The molecule has 0 N–H and O–H groups in total. The first-order valence-corrected chi connectivity index (χ1v) is 12.6. The van der Waals surface area contributed by atoms with Crippen molar-refractivity contribution < 1.29 is 8.83 Å². The molecule has 176 valence electrons. The van der Waals surface area contributed by atoms with Gasteiger partial charge in [0.25, 0.3) is 0 Å². The minimum atomic E-state index is 0.643. The highest BCUT2D eigenvalue weighted by molar-refractivity contribution is 6.24. The predicted molar refractivity (Wildman–Crippen MR) is 156 cm³/mol. The third-order valence-corrected chi connectivity index (χ3v) is 7.52. The minimum absolute atomic E-state index is 0.643. The predicted octanol–water partition coefficient (Wildman–Crippen LogP) is 10.5. The van der Waals surface area contributed by atoms with Crippen molar-refractivity contribution in [2.75, 3.05) is 0 Å². The largest absolute Gasteiger partial charge is 0.455 e. The summed E-state index contributed by atoms with van der Waals surface area (Å²) in [6, 6.07) is 39.0. The summed E-state index contributed by atoms with van der Waals surface area (Å²) in [6.07, 6.45) is 0. The van der Waals surface area contributed by atoms with Crippen molar-refractivity contribution in [2.45, 2.75) is 0 Å². The second-order valence-corrected chi connectivity index (χ2v) is 9.54. The van der Waals surface area contributed by atoms with E-state index in [-0.39, 0.29) is 0 Å². The highest BCUT2D eigenvalue weighted by Crippen LogP contribution is 2.47. The second-order valence-electron chi connectivity index (χ2n) is 9.54. The van der Waals surface area contributed by atoms with Gasteiger partial charge in [0.05, 0.1) is 12.1 Å². The van der Waals surface area contributed by atoms with Gasteiger partial charge in [-0.05, 0) is 45.7 Å². The first-order valence-electron chi connectivity index (χ1n) is 12.6. The average Bonchev–Trinajstić information content (AvgIpc) is 3.54. The Morgan fingerprint density at radius 2 is 0.947 bits per heavy atom. The van der Waals surface area contributed by atoms with Gasteiger partial charge in [-0.15, -0.1) is 0 Å². The molecule has 38 heavy (non-hydrogen) atoms. The maximum absolute atomic E-state index is 7.71. The standard InChI is InChI=1S/C35H19NO2/c1-36-30-15-7-4-12-24(30)23-18-19-27(22-11-3-2-10-21(22)23)33-34-28(25-13-5-8-16-31(25)37-34)20-29-26-14-6-9-17-32(26)38-35(29)33/h2-20H. The van der Waals surface area contributed by atoms with Crippen LogP contribution in [0.4, 0.5) is 5.69 Å². The fourth-order valence-electron chi connectivity index (χ4n) is 5.83. The van der Waals surface area contributed by atoms with Gasteiger partial charge in [-0.25, -0.2) is 4.85 Å². The lowest BCUT2D eigenvalue weighted by Crippen LogP contribution is -1.88. The number of fused-ring (bicyclic) bond motifs is 7. The summed E-state index contributed by atoms with van der Waals surface area (Å²) >= 11 is 0. The maximum atomic E-state index is 7.71. The number of hydrogen-bond donors (Lipinski definition) is 0. The Labute approximate surface area is 218 Å². The van der Waals surface area contributed by atoms with Crippen LogP contribution in [0.5, 0.6) is 0 Å². The Hall–Kier alpha value is -5.33. The number of nitrogens with zero attached hydrogens (tertiary/aromatic N) is 1. The molecule has 0 aliphatic rings. The lowest BCUT2D eigenvalue weighted by Gasteiger charge is -2.14. The van der Waals surface area contributed by atoms with Crippen LogP contribution < -0.4 is 0 Å². The molecule has 0 aliphatic carbocycles. The van der Waals surface area contributed by atoms with Crippen LogP contribution in [-0.4, -0.2) is 0 Å². The Bertz CT molecular complexity index is 2170. The summed E-state index contributed by atoms with van der Waals surface area (Å²) in [5, 5.41) is 6.48. The van der Waals surface area contributed by atoms with Crippen LogP contribution >= 0.6 is 0 Å². The first kappa shape index (κ1) is 20.8. The van der Waals surface area contributed by atoms with Gasteiger partial charge in [0, 0.05) is 21.5 Å². The first-order chi connectivity index (χ1) is 18.8. The molecule has 8 rings (SSSR count). The molecule has 0 unspecified atom stereocenters. The Morgan fingerprint density at radius 3 is 1.58 bits per heavy atom. The lowest BCUT2D eigenvalue weighted by atomic mass is 9.90. The van der Waals surface area contributed by atoms with E-state index in [9.17, 15) is 0 Å². The molecule has 8 aromatic rings. The molecule has 2 aromatic heterocycles. The summed E-state index contributed by atoms with van der Waals surface area (Å²) in [5.74, 6) is 0. The van der Waals surface area contributed by atoms with Crippen LogP contribution in [0.25, 0.3) is 81.7 Å². The van der Waals surface area contributed by atoms with Crippen LogP contribution in [0, 0.1) is 6.57 Å². The third-order valence-electron chi connectivity index (χ3n) is 7.52. The highest BCUT2D eigenvalue weighted by Gasteiger charge is 2.23. The van der Waals surface area contributed by atoms with Crippen LogP contribution in [0.15, 0.2) is 124 Å². The van der Waals surface area contributed by atoms with E-state index < -0.39 is 0 Å². The van der Waals surface area contributed by atoms with Crippen LogP contribution in [-0.2, 0) is 0 Å². The summed E-state index contributed by atoms with van der Waals surface area (Å²) in [7, 11) is 0. The van der Waals surface area contributed by atoms with Crippen molar-refractivity contribution in [1.29, 1.82) is 0 Å². The van der Waals surface area contributed by atoms with Crippen LogP contribution in [0.3, 0.4) is 0 Å². The molecule has 0 atom stereocenters. The molecular weight excluding hydrogens is 466 g/mol. The molecule has 6 aromatic carbocycles. The molecule has 0 saturated heterocycles. The second kappa shape index (κ2) is 7.83. The number of rotatable bonds is 2. The van der Waals surface area contributed by atoms with Gasteiger partial charge in [0.15, 0.2) is 5.69 Å². The Morgan fingerprint density at radius 1 is 0.447 bits per heavy atom. The zero-order chi connectivity index (χ0) is 25.2. The molecule has 3 nitrogen and oxygen atoms in total. The average molecular weight is 486 g/mol. The zero-order valence-corrected chi connectivity index (χ0v) is 20.2. The van der Waals surface area contributed by atoms with Crippen molar-refractivity contribution in [3.63, 3.8) is 0 Å². The van der Waals surface area contributed by atoms with Crippen molar-refractivity contribution >= 4 is 60.3 Å². The molecule has 0 radical (unpaired) electrons. The molecule has 0 fully saturated rings. The molecule has 3 heteroatoms. The number of furan rings is 2. The van der Waals surface area contributed by atoms with E-state index in [1.54, 1.807) is 0 Å². The molecular formula is C35H19NO2. The normalized spacial score (nSPS) is 11.7. The van der Waals surface area contributed by atoms with Gasteiger partial charge in [0.1, 0.15) is 22.3 Å². The Kier molecular flexibility index (Phi) is 4.29. The summed E-state index contributed by atoms with van der Waals surface area (Å²) in [5.41, 5.74) is 7.94. The van der Waals surface area contributed by atoms with Crippen LogP contribution in [0.2, 0.25) is 0 Å². The van der Waals surface area contributed by atoms with E-state index in [0.29, 0.717) is 5.69 Å². The van der Waals surface area contributed by atoms with Crippen molar-refractivity contribution in [2.24, 2.45) is 0 Å². The fraction of sp³-hybridized carbons (Fsp3) is 0. The fourth-order valence-corrected chi connectivity index (χ4v) is 5.83. The molecule has 2 heterocycles. The van der Waals surface area contributed by atoms with Gasteiger partial charge >= 0.3 is 0 Å². The molecule has 0 saturated carbocycles. The SMILES string of the molecule is [C-]#[N+]c1ccccc1-c1ccc(-c2c3oc4ccccc4c3cc3c2oc2ccccc23)c2ccccc12. The smallest absolute Gasteiger partial charge is 0.194 e. The van der Waals surface area contributed by atoms with E-state index in [2.05, 4.69) is 59.4 Å². The van der Waals surface area contributed by atoms with Gasteiger partial charge in [0.2, 0.25) is 0 Å². The van der Waals surface area contributed by atoms with Gasteiger partial charge in [-0.1, -0.05) is 97.1 Å². The van der Waals surface area contributed by atoms with Gasteiger partial charge < -0.3 is 8.83 Å². The van der Waals surface area contributed by atoms with Gasteiger partial charge in [-0.3, -0.25) is 0 Å². The van der Waals surface area contributed by atoms with Crippen molar-refractivity contribution in [3.05, 3.63) is 127 Å². The van der Waals surface area contributed by atoms with E-state index in [1.165, 1.54) is 0 Å². The van der Waals surface area contributed by atoms with Crippen molar-refractivity contribution in [1.82, 2.24) is 0 Å². The number of benzene rings is 6. The quantitative estimate of drug-likeness (QED) is 0.228. The Balaban J connectivity index is 1.55. The van der Waals surface area contributed by atoms with E-state index in [0.717, 1.165) is 76.9 Å². The van der Waals surface area contributed by atoms with Crippen molar-refractivity contribution in [3.8, 4) is 22.3 Å². The monoisotopic (exact) mass is 485 g/mol. The topological polar surface area (TPSA) is 30.6 Å². The molecule has 0 aliphatic heterocycles. The lowest BCUT2D eigenvalue weighted by molar-refractivity contribution is 0.658. The van der Waals surface area contributed by atoms with E-state index in [4.69, 9.17) is 15.4 Å². The summed E-state index contributed by atoms with van der Waals surface area (Å²) in [6.45, 7) is 7.71. The van der Waals surface area contributed by atoms with E-state index >= 15 is 0 Å². The van der Waals surface area contributed by atoms with Crippen LogP contribution in [0.1, 0.15) is 0 Å². The zero-order valence-electron chi connectivity index (χ0n) is 20.2. The highest BCUT2D eigenvalue weighted by atomic mass is 16.3. The minimum Gasteiger partial charge on any atom is -0.455 e. The van der Waals surface area contributed by atoms with E-state index in [1.807, 2.05) is 60.7 Å². The third kappa shape index (κ3) is 2.83. The number of hydrogen-bond acceptors (Lipinski definition) is 2. The molecule has 0 amide bonds.